The van der Waals surface area contributed by atoms with E-state index in [1.807, 2.05) is 0 Å². The van der Waals surface area contributed by atoms with E-state index in [0.29, 0.717) is 10.6 Å². The van der Waals surface area contributed by atoms with Crippen LogP contribution < -0.4 is 11.1 Å². The van der Waals surface area contributed by atoms with Crippen LogP contribution in [0.25, 0.3) is 0 Å². The topological polar surface area (TPSA) is 68.0 Å². The van der Waals surface area contributed by atoms with Crippen LogP contribution in [-0.2, 0) is 6.42 Å². The van der Waals surface area contributed by atoms with Crippen LogP contribution in [0.2, 0.25) is 0 Å². The summed E-state index contributed by atoms with van der Waals surface area (Å²) in [6.07, 6.45) is 0.235. The Kier molecular flexibility index (Phi) is 5.64. The minimum atomic E-state index is -0.955. The zero-order valence-electron chi connectivity index (χ0n) is 14.6. The lowest BCUT2D eigenvalue weighted by Crippen LogP contribution is -2.27. The molecule has 3 N–H and O–H groups in total. The lowest BCUT2D eigenvalue weighted by Gasteiger charge is -2.14. The quantitative estimate of drug-likeness (QED) is 0.486. The minimum absolute atomic E-state index is 0.117. The Balaban J connectivity index is 1.69. The summed E-state index contributed by atoms with van der Waals surface area (Å²) in [5, 5.41) is 4.65. The van der Waals surface area contributed by atoms with Crippen molar-refractivity contribution in [3.63, 3.8) is 0 Å². The molecule has 0 aliphatic heterocycles. The van der Waals surface area contributed by atoms with Crippen LogP contribution in [0.15, 0.2) is 35.7 Å². The predicted octanol–water partition coefficient (Wildman–Crippen LogP) is 4.36. The third-order valence-electron chi connectivity index (χ3n) is 4.07. The highest BCUT2D eigenvalue weighted by Crippen LogP contribution is 2.22. The van der Waals surface area contributed by atoms with Crippen molar-refractivity contribution in [2.45, 2.75) is 19.4 Å². The van der Waals surface area contributed by atoms with Crippen molar-refractivity contribution < 1.29 is 22.4 Å². The Labute approximate surface area is 162 Å². The van der Waals surface area contributed by atoms with Crippen molar-refractivity contribution >= 4 is 22.9 Å². The number of nitrogen functional groups attached to an aromatic ring is 1. The van der Waals surface area contributed by atoms with Gasteiger partial charge in [0.15, 0.2) is 11.6 Å². The van der Waals surface area contributed by atoms with Crippen molar-refractivity contribution in [1.29, 1.82) is 0 Å². The Hall–Kier alpha value is -2.94. The van der Waals surface area contributed by atoms with Crippen LogP contribution in [0.3, 0.4) is 0 Å². The SMILES string of the molecule is C[C@@H](NC(=O)c1csc(Cc2ccc(F)c(F)c2)n1)c1cc(F)c(N)c(F)c1. The molecular formula is C19H15F4N3OS. The van der Waals surface area contributed by atoms with Gasteiger partial charge in [0.05, 0.1) is 11.0 Å². The fourth-order valence-electron chi connectivity index (χ4n) is 2.53. The predicted molar refractivity (Wildman–Crippen MR) is 97.9 cm³/mol. The molecule has 3 aromatic rings. The van der Waals surface area contributed by atoms with Gasteiger partial charge in [0.25, 0.3) is 5.91 Å². The van der Waals surface area contributed by atoms with Gasteiger partial charge in [-0.05, 0) is 42.3 Å². The highest BCUT2D eigenvalue weighted by atomic mass is 32.1. The van der Waals surface area contributed by atoms with E-state index in [1.165, 1.54) is 22.8 Å². The van der Waals surface area contributed by atoms with E-state index in [4.69, 9.17) is 5.73 Å². The molecule has 2 aromatic carbocycles. The van der Waals surface area contributed by atoms with Crippen molar-refractivity contribution in [1.82, 2.24) is 10.3 Å². The van der Waals surface area contributed by atoms with Crippen LogP contribution in [0.4, 0.5) is 23.2 Å². The number of nitrogens with zero attached hydrogens (tertiary/aromatic N) is 1. The molecule has 1 atom stereocenters. The second-order valence-corrected chi connectivity index (χ2v) is 7.09. The summed E-state index contributed by atoms with van der Waals surface area (Å²) in [6.45, 7) is 1.57. The number of amides is 1. The van der Waals surface area contributed by atoms with E-state index in [2.05, 4.69) is 10.3 Å². The number of hydrogen-bond donors (Lipinski definition) is 2. The molecule has 1 amide bonds. The smallest absolute Gasteiger partial charge is 0.271 e. The number of nitrogens with one attached hydrogen (secondary N) is 1. The summed E-state index contributed by atoms with van der Waals surface area (Å²) in [7, 11) is 0. The third-order valence-corrected chi connectivity index (χ3v) is 4.92. The fraction of sp³-hybridized carbons (Fsp3) is 0.158. The maximum atomic E-state index is 13.6. The van der Waals surface area contributed by atoms with Gasteiger partial charge in [-0.3, -0.25) is 4.79 Å². The lowest BCUT2D eigenvalue weighted by atomic mass is 10.1. The first-order valence-electron chi connectivity index (χ1n) is 8.18. The molecule has 0 spiro atoms. The molecule has 0 unspecified atom stereocenters. The van der Waals surface area contributed by atoms with E-state index in [1.54, 1.807) is 6.92 Å². The molecule has 28 heavy (non-hydrogen) atoms. The normalized spacial score (nSPS) is 12.0. The van der Waals surface area contributed by atoms with Crippen LogP contribution in [0.5, 0.6) is 0 Å². The average Bonchev–Trinajstić information content (AvgIpc) is 3.11. The summed E-state index contributed by atoms with van der Waals surface area (Å²) < 4.78 is 53.4. The first-order valence-corrected chi connectivity index (χ1v) is 9.06. The molecule has 0 aliphatic carbocycles. The van der Waals surface area contributed by atoms with Gasteiger partial charge in [0.1, 0.15) is 23.0 Å². The fourth-order valence-corrected chi connectivity index (χ4v) is 3.34. The molecule has 0 bridgehead atoms. The van der Waals surface area contributed by atoms with Gasteiger partial charge in [-0.1, -0.05) is 6.07 Å². The van der Waals surface area contributed by atoms with E-state index in [0.717, 1.165) is 24.3 Å². The van der Waals surface area contributed by atoms with Crippen molar-refractivity contribution in [3.05, 3.63) is 80.8 Å². The number of carbonyl (C=O) groups excluding carboxylic acids is 1. The molecule has 0 aliphatic rings. The number of benzene rings is 2. The summed E-state index contributed by atoms with van der Waals surface area (Å²) in [6, 6.07) is 4.96. The molecule has 1 heterocycles. The Morgan fingerprint density at radius 3 is 2.43 bits per heavy atom. The van der Waals surface area contributed by atoms with Gasteiger partial charge < -0.3 is 11.1 Å². The molecule has 0 fully saturated rings. The van der Waals surface area contributed by atoms with E-state index in [-0.39, 0.29) is 17.7 Å². The summed E-state index contributed by atoms with van der Waals surface area (Å²) >= 11 is 1.19. The second-order valence-electron chi connectivity index (χ2n) is 6.15. The number of halogens is 4. The largest absolute Gasteiger partial charge is 0.394 e. The number of aromatic nitrogens is 1. The maximum absolute atomic E-state index is 13.6. The first kappa shape index (κ1) is 19.8. The third kappa shape index (κ3) is 4.30. The molecule has 0 saturated heterocycles. The minimum Gasteiger partial charge on any atom is -0.394 e. The Morgan fingerprint density at radius 2 is 1.79 bits per heavy atom. The summed E-state index contributed by atoms with van der Waals surface area (Å²) in [5.41, 5.74) is 5.51. The highest BCUT2D eigenvalue weighted by molar-refractivity contribution is 7.09. The summed E-state index contributed by atoms with van der Waals surface area (Å²) in [4.78, 5) is 16.5. The molecule has 146 valence electrons. The molecule has 9 heteroatoms. The Bertz CT molecular complexity index is 1010. The van der Waals surface area contributed by atoms with Crippen molar-refractivity contribution in [2.75, 3.05) is 5.73 Å². The van der Waals surface area contributed by atoms with E-state index >= 15 is 0 Å². The van der Waals surface area contributed by atoms with E-state index in [9.17, 15) is 22.4 Å². The number of thiazole rings is 1. The number of hydrogen-bond acceptors (Lipinski definition) is 4. The van der Waals surface area contributed by atoms with Gasteiger partial charge in [-0.2, -0.15) is 0 Å². The Morgan fingerprint density at radius 1 is 1.11 bits per heavy atom. The molecular weight excluding hydrogens is 394 g/mol. The summed E-state index contributed by atoms with van der Waals surface area (Å²) in [5.74, 6) is -4.23. The van der Waals surface area contributed by atoms with Gasteiger partial charge in [0.2, 0.25) is 0 Å². The molecule has 0 saturated carbocycles. The molecule has 1 aromatic heterocycles. The van der Waals surface area contributed by atoms with Crippen LogP contribution in [0, 0.1) is 23.3 Å². The molecule has 0 radical (unpaired) electrons. The standard InChI is InChI=1S/C19H15F4N3OS/c1-9(11-6-14(22)18(24)15(23)7-11)25-19(27)16-8-28-17(26-16)5-10-2-3-12(20)13(21)4-10/h2-4,6-9H,5,24H2,1H3,(H,25,27)/t9-/m1/s1. The van der Waals surface area contributed by atoms with E-state index < -0.39 is 40.9 Å². The van der Waals surface area contributed by atoms with Crippen molar-refractivity contribution in [2.24, 2.45) is 0 Å². The zero-order chi connectivity index (χ0) is 20.4. The average molecular weight is 409 g/mol. The van der Waals surface area contributed by atoms with Crippen LogP contribution >= 0.6 is 11.3 Å². The monoisotopic (exact) mass is 409 g/mol. The van der Waals surface area contributed by atoms with Gasteiger partial charge in [-0.25, -0.2) is 22.5 Å². The van der Waals surface area contributed by atoms with Crippen LogP contribution in [0.1, 0.15) is 39.6 Å². The maximum Gasteiger partial charge on any atom is 0.271 e. The number of nitrogens with two attached hydrogens (primary N) is 1. The zero-order valence-corrected chi connectivity index (χ0v) is 15.4. The van der Waals surface area contributed by atoms with Gasteiger partial charge in [-0.15, -0.1) is 11.3 Å². The second kappa shape index (κ2) is 7.97. The number of anilines is 1. The van der Waals surface area contributed by atoms with Gasteiger partial charge >= 0.3 is 0 Å². The van der Waals surface area contributed by atoms with Crippen LogP contribution in [-0.4, -0.2) is 10.9 Å². The van der Waals surface area contributed by atoms with Gasteiger partial charge in [0, 0.05) is 11.8 Å². The lowest BCUT2D eigenvalue weighted by molar-refractivity contribution is 0.0935. The molecule has 4 nitrogen and oxygen atoms in total. The molecule has 3 rings (SSSR count). The van der Waals surface area contributed by atoms with Crippen molar-refractivity contribution in [3.8, 4) is 0 Å². The highest BCUT2D eigenvalue weighted by Gasteiger charge is 2.17. The number of rotatable bonds is 5. The number of carbonyl (C=O) groups is 1. The first-order chi connectivity index (χ1) is 13.2.